The largest absolute Gasteiger partial charge is 0.319 e. The summed E-state index contributed by atoms with van der Waals surface area (Å²) >= 11 is 5.10. The summed E-state index contributed by atoms with van der Waals surface area (Å²) in [6.45, 7) is 2.08. The Morgan fingerprint density at radius 2 is 2.00 bits per heavy atom. The van der Waals surface area contributed by atoms with Crippen molar-refractivity contribution in [2.24, 2.45) is 12.8 Å². The van der Waals surface area contributed by atoms with Crippen LogP contribution in [0.15, 0.2) is 40.1 Å². The molecule has 0 aliphatic carbocycles. The van der Waals surface area contributed by atoms with Crippen LogP contribution in [-0.4, -0.2) is 25.5 Å². The van der Waals surface area contributed by atoms with Crippen LogP contribution in [0, 0.1) is 0 Å². The van der Waals surface area contributed by atoms with Gasteiger partial charge < -0.3 is 5.73 Å². The first-order chi connectivity index (χ1) is 10.6. The maximum Gasteiger partial charge on any atom is 0.189 e. The summed E-state index contributed by atoms with van der Waals surface area (Å²) < 4.78 is 2.47. The van der Waals surface area contributed by atoms with E-state index in [1.165, 1.54) is 0 Å². The minimum absolute atomic E-state index is 0.316. The highest BCUT2D eigenvalue weighted by molar-refractivity contribution is 9.10. The zero-order chi connectivity index (χ0) is 15.7. The second-order valence-electron chi connectivity index (χ2n) is 4.83. The summed E-state index contributed by atoms with van der Waals surface area (Å²) in [5, 5.41) is 6.00. The molecule has 0 aliphatic rings. The number of benzene rings is 1. The van der Waals surface area contributed by atoms with Crippen molar-refractivity contribution in [1.82, 2.24) is 19.7 Å². The molecule has 2 N–H and O–H groups in total. The molecule has 0 aliphatic heterocycles. The smallest absolute Gasteiger partial charge is 0.189 e. The summed E-state index contributed by atoms with van der Waals surface area (Å²) in [4.78, 5) is 9.27. The molecule has 3 rings (SSSR count). The summed E-state index contributed by atoms with van der Waals surface area (Å²) in [5.74, 6) is 0.907. The van der Waals surface area contributed by atoms with E-state index in [-0.39, 0.29) is 6.04 Å². The Hall–Kier alpha value is -1.44. The molecule has 0 bridgehead atoms. The second-order valence-corrected chi connectivity index (χ2v) is 6.81. The van der Waals surface area contributed by atoms with Gasteiger partial charge in [-0.05, 0) is 27.2 Å². The Balaban J connectivity index is 2.22. The lowest BCUT2D eigenvalue weighted by Crippen LogP contribution is -2.15. The van der Waals surface area contributed by atoms with Crippen LogP contribution in [-0.2, 0) is 7.05 Å². The summed E-state index contributed by atoms with van der Waals surface area (Å²) in [7, 11) is 1.87. The zero-order valence-electron chi connectivity index (χ0n) is 12.3. The van der Waals surface area contributed by atoms with Crippen LogP contribution in [0.2, 0.25) is 0 Å². The molecule has 0 radical (unpaired) electrons. The Morgan fingerprint density at radius 3 is 2.68 bits per heavy atom. The summed E-state index contributed by atoms with van der Waals surface area (Å²) in [6, 6.07) is 9.64. The van der Waals surface area contributed by atoms with E-state index >= 15 is 0 Å². The average molecular weight is 378 g/mol. The van der Waals surface area contributed by atoms with E-state index in [4.69, 9.17) is 5.73 Å². The molecule has 0 spiro atoms. The fourth-order valence-electron chi connectivity index (χ4n) is 2.34. The fraction of sp³-hybridized carbons (Fsp3) is 0.267. The van der Waals surface area contributed by atoms with Gasteiger partial charge in [0, 0.05) is 7.05 Å². The normalized spacial score (nSPS) is 12.7. The maximum atomic E-state index is 6.47. The van der Waals surface area contributed by atoms with E-state index in [2.05, 4.69) is 37.9 Å². The first kappa shape index (κ1) is 15.5. The van der Waals surface area contributed by atoms with Crippen molar-refractivity contribution in [3.8, 4) is 0 Å². The molecule has 7 heteroatoms. The van der Waals surface area contributed by atoms with Gasteiger partial charge in [-0.3, -0.25) is 0 Å². The number of nitrogens with zero attached hydrogens (tertiary/aromatic N) is 4. The standard InChI is InChI=1S/C15H16BrN5S/c1-3-22-15-18-12(11(17)9-7-5-4-6-8-9)10-13(16)20-21(2)14(10)19-15/h4-8,11H,3,17H2,1-2H3. The number of aryl methyl sites for hydroxylation is 1. The first-order valence-corrected chi connectivity index (χ1v) is 8.73. The number of halogens is 1. The van der Waals surface area contributed by atoms with Crippen LogP contribution in [0.25, 0.3) is 11.0 Å². The minimum atomic E-state index is -0.316. The first-order valence-electron chi connectivity index (χ1n) is 6.95. The average Bonchev–Trinajstić information content (AvgIpc) is 2.82. The summed E-state index contributed by atoms with van der Waals surface area (Å²) in [6.07, 6.45) is 0. The Kier molecular flexibility index (Phi) is 4.46. The van der Waals surface area contributed by atoms with E-state index in [1.807, 2.05) is 37.4 Å². The lowest BCUT2D eigenvalue weighted by atomic mass is 10.0. The third-order valence-electron chi connectivity index (χ3n) is 3.37. The van der Waals surface area contributed by atoms with Gasteiger partial charge in [-0.1, -0.05) is 49.0 Å². The van der Waals surface area contributed by atoms with Crippen molar-refractivity contribution in [1.29, 1.82) is 0 Å². The number of nitrogens with two attached hydrogens (primary N) is 1. The van der Waals surface area contributed by atoms with Crippen LogP contribution in [0.1, 0.15) is 24.2 Å². The van der Waals surface area contributed by atoms with E-state index in [1.54, 1.807) is 16.4 Å². The monoisotopic (exact) mass is 377 g/mol. The fourth-order valence-corrected chi connectivity index (χ4v) is 3.53. The van der Waals surface area contributed by atoms with Crippen molar-refractivity contribution in [2.75, 3.05) is 5.75 Å². The van der Waals surface area contributed by atoms with Crippen LogP contribution >= 0.6 is 27.7 Å². The highest BCUT2D eigenvalue weighted by atomic mass is 79.9. The van der Waals surface area contributed by atoms with Gasteiger partial charge in [0.05, 0.1) is 17.1 Å². The van der Waals surface area contributed by atoms with Crippen LogP contribution < -0.4 is 5.73 Å². The Bertz CT molecular complexity index is 803. The van der Waals surface area contributed by atoms with Crippen molar-refractivity contribution >= 4 is 38.7 Å². The molecular formula is C15H16BrN5S. The molecule has 2 aromatic heterocycles. The Morgan fingerprint density at radius 1 is 1.27 bits per heavy atom. The van der Waals surface area contributed by atoms with Gasteiger partial charge in [-0.2, -0.15) is 5.10 Å². The molecule has 2 heterocycles. The molecule has 0 amide bonds. The number of hydrogen-bond donors (Lipinski definition) is 1. The number of hydrogen-bond acceptors (Lipinski definition) is 5. The lowest BCUT2D eigenvalue weighted by molar-refractivity contribution is 0.762. The predicted molar refractivity (Wildman–Crippen MR) is 92.9 cm³/mol. The van der Waals surface area contributed by atoms with Gasteiger partial charge in [-0.15, -0.1) is 0 Å². The van der Waals surface area contributed by atoms with Gasteiger partial charge in [0.2, 0.25) is 0 Å². The number of fused-ring (bicyclic) bond motifs is 1. The molecule has 1 unspecified atom stereocenters. The second kappa shape index (κ2) is 6.36. The molecule has 0 saturated heterocycles. The quantitative estimate of drug-likeness (QED) is 0.557. The zero-order valence-corrected chi connectivity index (χ0v) is 14.7. The van der Waals surface area contributed by atoms with E-state index < -0.39 is 0 Å². The third kappa shape index (κ3) is 2.76. The van der Waals surface area contributed by atoms with E-state index in [0.717, 1.165) is 37.8 Å². The summed E-state index contributed by atoms with van der Waals surface area (Å²) in [5.41, 5.74) is 9.08. The van der Waals surface area contributed by atoms with Gasteiger partial charge in [0.15, 0.2) is 10.8 Å². The van der Waals surface area contributed by atoms with Crippen LogP contribution in [0.5, 0.6) is 0 Å². The van der Waals surface area contributed by atoms with Gasteiger partial charge in [-0.25, -0.2) is 14.6 Å². The number of aromatic nitrogens is 4. The molecule has 1 atom stereocenters. The molecule has 0 fully saturated rings. The molecule has 1 aromatic carbocycles. The molecular weight excluding hydrogens is 362 g/mol. The molecule has 5 nitrogen and oxygen atoms in total. The van der Waals surface area contributed by atoms with Crippen LogP contribution in [0.3, 0.4) is 0 Å². The predicted octanol–water partition coefficient (Wildman–Crippen LogP) is 3.29. The number of thioether (sulfide) groups is 1. The molecule has 0 saturated carbocycles. The molecule has 22 heavy (non-hydrogen) atoms. The maximum absolute atomic E-state index is 6.47. The van der Waals surface area contributed by atoms with Crippen molar-refractivity contribution < 1.29 is 0 Å². The highest BCUT2D eigenvalue weighted by Crippen LogP contribution is 2.31. The number of rotatable bonds is 4. The Labute approximate surface area is 141 Å². The lowest BCUT2D eigenvalue weighted by Gasteiger charge is -2.13. The van der Waals surface area contributed by atoms with E-state index in [0.29, 0.717) is 0 Å². The third-order valence-corrected chi connectivity index (χ3v) is 4.66. The van der Waals surface area contributed by atoms with Gasteiger partial charge in [0.25, 0.3) is 0 Å². The molecule has 3 aromatic rings. The van der Waals surface area contributed by atoms with Crippen molar-refractivity contribution in [3.05, 3.63) is 46.2 Å². The SMILES string of the molecule is CCSc1nc(C(N)c2ccccc2)c2c(Br)nn(C)c2n1. The van der Waals surface area contributed by atoms with E-state index in [9.17, 15) is 0 Å². The van der Waals surface area contributed by atoms with Crippen LogP contribution in [0.4, 0.5) is 0 Å². The highest BCUT2D eigenvalue weighted by Gasteiger charge is 2.21. The topological polar surface area (TPSA) is 69.6 Å². The van der Waals surface area contributed by atoms with Crippen molar-refractivity contribution in [3.63, 3.8) is 0 Å². The molecule has 114 valence electrons. The van der Waals surface area contributed by atoms with Gasteiger partial charge in [0.1, 0.15) is 4.60 Å². The van der Waals surface area contributed by atoms with Crippen molar-refractivity contribution in [2.45, 2.75) is 18.1 Å². The minimum Gasteiger partial charge on any atom is -0.319 e. The van der Waals surface area contributed by atoms with Gasteiger partial charge >= 0.3 is 0 Å².